The highest BCUT2D eigenvalue weighted by Crippen LogP contribution is 2.41. The molecule has 0 spiro atoms. The first-order valence-corrected chi connectivity index (χ1v) is 12.3. The number of hydrogen-bond donors (Lipinski definition) is 2. The maximum Gasteiger partial charge on any atom is 0.355 e. The van der Waals surface area contributed by atoms with Gasteiger partial charge in [-0.05, 0) is 70.1 Å². The summed E-state index contributed by atoms with van der Waals surface area (Å²) in [5.74, 6) is -3.10. The number of ketones is 1. The quantitative estimate of drug-likeness (QED) is 0.221. The first-order chi connectivity index (χ1) is 17.2. The predicted molar refractivity (Wildman–Crippen MR) is 134 cm³/mol. The van der Waals surface area contributed by atoms with Gasteiger partial charge in [0.25, 0.3) is 11.7 Å². The number of halogens is 1. The maximum atomic E-state index is 14.2. The number of Topliss-reactive ketones (excluding diaryl/α,β-unsaturated/α-hetero) is 1. The summed E-state index contributed by atoms with van der Waals surface area (Å²) in [4.78, 5) is 45.3. The lowest BCUT2D eigenvalue weighted by Crippen LogP contribution is -2.33. The van der Waals surface area contributed by atoms with Crippen LogP contribution in [0.2, 0.25) is 0 Å². The third kappa shape index (κ3) is 5.21. The van der Waals surface area contributed by atoms with E-state index in [0.29, 0.717) is 23.2 Å². The first-order valence-electron chi connectivity index (χ1n) is 12.3. The minimum atomic E-state index is -0.961. The molecule has 0 bridgehead atoms. The molecule has 1 unspecified atom stereocenters. The molecule has 1 saturated heterocycles. The van der Waals surface area contributed by atoms with Crippen LogP contribution in [-0.2, 0) is 14.3 Å². The zero-order valence-electron chi connectivity index (χ0n) is 21.5. The second-order valence-corrected chi connectivity index (χ2v) is 8.77. The minimum absolute atomic E-state index is 0.131. The van der Waals surface area contributed by atoms with E-state index < -0.39 is 35.3 Å². The van der Waals surface area contributed by atoms with Gasteiger partial charge in [0.15, 0.2) is 0 Å². The number of nitrogens with one attached hydrogen (secondary N) is 1. The number of likely N-dealkylation sites (tertiary alicyclic amines) is 1. The Hall–Kier alpha value is -3.46. The molecule has 0 aliphatic carbocycles. The highest BCUT2D eigenvalue weighted by Gasteiger charge is 2.46. The number of H-pyrrole nitrogens is 1. The van der Waals surface area contributed by atoms with Crippen LogP contribution in [-0.4, -0.2) is 70.3 Å². The fourth-order valence-electron chi connectivity index (χ4n) is 4.79. The molecular weight excluding hydrogens is 465 g/mol. The molecule has 2 N–H and O–H groups in total. The fraction of sp³-hybridized carbons (Fsp3) is 0.444. The smallest absolute Gasteiger partial charge is 0.355 e. The number of rotatable bonds is 10. The number of amides is 1. The summed E-state index contributed by atoms with van der Waals surface area (Å²) in [5, 5.41) is 11.4. The SMILES string of the molecule is CCOC(=O)c1[nH]c(C)c(/C(O)=C2\C(=O)C(=O)N(CCCN(CC)CC)C2c2cccc(F)c2)c1C. The van der Waals surface area contributed by atoms with Crippen molar-refractivity contribution in [3.63, 3.8) is 0 Å². The molecule has 1 aromatic carbocycles. The third-order valence-electron chi connectivity index (χ3n) is 6.63. The van der Waals surface area contributed by atoms with Crippen molar-refractivity contribution in [1.29, 1.82) is 0 Å². The zero-order chi connectivity index (χ0) is 26.6. The van der Waals surface area contributed by atoms with Gasteiger partial charge in [-0.2, -0.15) is 0 Å². The van der Waals surface area contributed by atoms with E-state index in [1.165, 1.54) is 23.1 Å². The number of ether oxygens (including phenoxy) is 1. The van der Waals surface area contributed by atoms with E-state index in [2.05, 4.69) is 23.7 Å². The minimum Gasteiger partial charge on any atom is -0.507 e. The number of aryl methyl sites for hydroxylation is 1. The Labute approximate surface area is 210 Å². The van der Waals surface area contributed by atoms with Crippen LogP contribution >= 0.6 is 0 Å². The zero-order valence-corrected chi connectivity index (χ0v) is 21.5. The molecule has 1 amide bonds. The van der Waals surface area contributed by atoms with Crippen molar-refractivity contribution in [3.8, 4) is 0 Å². The molecule has 0 saturated carbocycles. The molecule has 1 aliphatic heterocycles. The van der Waals surface area contributed by atoms with Crippen LogP contribution < -0.4 is 0 Å². The van der Waals surface area contributed by atoms with E-state index in [1.54, 1.807) is 26.8 Å². The summed E-state index contributed by atoms with van der Waals surface area (Å²) in [7, 11) is 0. The molecule has 1 aliphatic rings. The van der Waals surface area contributed by atoms with E-state index in [0.717, 1.165) is 19.6 Å². The Morgan fingerprint density at radius 3 is 2.50 bits per heavy atom. The lowest BCUT2D eigenvalue weighted by Gasteiger charge is -2.27. The average molecular weight is 500 g/mol. The van der Waals surface area contributed by atoms with Gasteiger partial charge in [-0.3, -0.25) is 9.59 Å². The number of hydrogen-bond acceptors (Lipinski definition) is 6. The number of carbonyl (C=O) groups excluding carboxylic acids is 3. The van der Waals surface area contributed by atoms with Crippen LogP contribution in [0.3, 0.4) is 0 Å². The number of benzene rings is 1. The standard InChI is InChI=1S/C27H34FN3O5/c1-6-30(7-2)13-10-14-31-23(18-11-9-12-19(28)15-18)21(25(33)26(31)34)24(32)20-16(4)22(29-17(20)5)27(35)36-8-3/h9,11-12,15,23,29,32H,6-8,10,13-14H2,1-5H3/b24-21+. The molecule has 0 radical (unpaired) electrons. The average Bonchev–Trinajstić information content (AvgIpc) is 3.29. The van der Waals surface area contributed by atoms with Crippen LogP contribution in [0.25, 0.3) is 5.76 Å². The Morgan fingerprint density at radius 2 is 1.89 bits per heavy atom. The molecule has 2 aromatic rings. The molecule has 9 heteroatoms. The summed E-state index contributed by atoms with van der Waals surface area (Å²) in [5.41, 5.74) is 1.50. The second-order valence-electron chi connectivity index (χ2n) is 8.77. The number of aromatic nitrogens is 1. The van der Waals surface area contributed by atoms with Crippen LogP contribution in [0.15, 0.2) is 29.8 Å². The third-order valence-corrected chi connectivity index (χ3v) is 6.63. The second kappa shape index (κ2) is 11.5. The molecule has 2 heterocycles. The van der Waals surface area contributed by atoms with Crippen molar-refractivity contribution in [2.24, 2.45) is 0 Å². The van der Waals surface area contributed by atoms with Gasteiger partial charge in [-0.25, -0.2) is 9.18 Å². The Morgan fingerprint density at radius 1 is 1.19 bits per heavy atom. The Kier molecular flexibility index (Phi) is 8.68. The van der Waals surface area contributed by atoms with Gasteiger partial charge in [-0.15, -0.1) is 0 Å². The number of aliphatic hydroxyl groups is 1. The summed E-state index contributed by atoms with van der Waals surface area (Å²) >= 11 is 0. The molecule has 1 atom stereocenters. The Bertz CT molecular complexity index is 1180. The van der Waals surface area contributed by atoms with Crippen molar-refractivity contribution < 1.29 is 28.6 Å². The van der Waals surface area contributed by atoms with E-state index in [4.69, 9.17) is 4.74 Å². The van der Waals surface area contributed by atoms with Gasteiger partial charge in [0.05, 0.1) is 18.2 Å². The maximum absolute atomic E-state index is 14.2. The van der Waals surface area contributed by atoms with Crippen molar-refractivity contribution in [3.05, 3.63) is 63.7 Å². The number of carbonyl (C=O) groups is 3. The van der Waals surface area contributed by atoms with Crippen LogP contribution in [0.4, 0.5) is 4.39 Å². The molecule has 1 aromatic heterocycles. The van der Waals surface area contributed by atoms with Gasteiger partial charge in [0.1, 0.15) is 17.3 Å². The summed E-state index contributed by atoms with van der Waals surface area (Å²) < 4.78 is 19.3. The van der Waals surface area contributed by atoms with Gasteiger partial charge < -0.3 is 24.6 Å². The number of nitrogens with zero attached hydrogens (tertiary/aromatic N) is 2. The molecule has 3 rings (SSSR count). The van der Waals surface area contributed by atoms with Crippen molar-refractivity contribution in [2.45, 2.75) is 47.1 Å². The van der Waals surface area contributed by atoms with Gasteiger partial charge >= 0.3 is 5.97 Å². The van der Waals surface area contributed by atoms with E-state index in [9.17, 15) is 23.9 Å². The van der Waals surface area contributed by atoms with Crippen molar-refractivity contribution in [2.75, 3.05) is 32.8 Å². The monoisotopic (exact) mass is 499 g/mol. The van der Waals surface area contributed by atoms with Crippen LogP contribution in [0.1, 0.15) is 66.1 Å². The summed E-state index contributed by atoms with van der Waals surface area (Å²) in [6.45, 7) is 12.0. The highest BCUT2D eigenvalue weighted by molar-refractivity contribution is 6.46. The van der Waals surface area contributed by atoms with Crippen LogP contribution in [0, 0.1) is 19.7 Å². The van der Waals surface area contributed by atoms with Crippen molar-refractivity contribution >= 4 is 23.4 Å². The topological polar surface area (TPSA) is 103 Å². The molecule has 36 heavy (non-hydrogen) atoms. The number of aromatic amines is 1. The van der Waals surface area contributed by atoms with Crippen molar-refractivity contribution in [1.82, 2.24) is 14.8 Å². The summed E-state index contributed by atoms with van der Waals surface area (Å²) in [6.07, 6.45) is 0.607. The number of esters is 1. The van der Waals surface area contributed by atoms with E-state index in [-0.39, 0.29) is 30.0 Å². The number of aliphatic hydroxyl groups excluding tert-OH is 1. The van der Waals surface area contributed by atoms with Crippen LogP contribution in [0.5, 0.6) is 0 Å². The van der Waals surface area contributed by atoms with Gasteiger partial charge in [0, 0.05) is 17.8 Å². The molecular formula is C27H34FN3O5. The first kappa shape index (κ1) is 27.1. The predicted octanol–water partition coefficient (Wildman–Crippen LogP) is 4.10. The fourth-order valence-corrected chi connectivity index (χ4v) is 4.79. The molecule has 1 fully saturated rings. The highest BCUT2D eigenvalue weighted by atomic mass is 19.1. The van der Waals surface area contributed by atoms with Gasteiger partial charge in [0.2, 0.25) is 0 Å². The largest absolute Gasteiger partial charge is 0.507 e. The summed E-state index contributed by atoms with van der Waals surface area (Å²) in [6, 6.07) is 4.72. The van der Waals surface area contributed by atoms with E-state index in [1.807, 2.05) is 0 Å². The lowest BCUT2D eigenvalue weighted by atomic mass is 9.94. The molecule has 194 valence electrons. The van der Waals surface area contributed by atoms with Gasteiger partial charge in [-0.1, -0.05) is 26.0 Å². The Balaban J connectivity index is 2.11. The lowest BCUT2D eigenvalue weighted by molar-refractivity contribution is -0.140. The van der Waals surface area contributed by atoms with E-state index >= 15 is 0 Å². The molecule has 8 nitrogen and oxygen atoms in total. The normalized spacial score (nSPS) is 17.3.